The lowest BCUT2D eigenvalue weighted by Crippen LogP contribution is -2.43. The van der Waals surface area contributed by atoms with Gasteiger partial charge in [-0.1, -0.05) is 33.8 Å². The van der Waals surface area contributed by atoms with Crippen LogP contribution in [0.1, 0.15) is 54.8 Å². The van der Waals surface area contributed by atoms with Gasteiger partial charge in [-0.15, -0.1) is 0 Å². The van der Waals surface area contributed by atoms with E-state index in [0.717, 1.165) is 0 Å². The van der Waals surface area contributed by atoms with Crippen LogP contribution in [0.5, 0.6) is 0 Å². The van der Waals surface area contributed by atoms with Crippen LogP contribution in [0, 0.1) is 11.8 Å². The molecule has 0 aliphatic heterocycles. The van der Waals surface area contributed by atoms with E-state index in [1.807, 2.05) is 33.2 Å². The third-order valence-corrected chi connectivity index (χ3v) is 4.09. The number of carboxylic acid groups (broad SMARTS) is 1. The van der Waals surface area contributed by atoms with Crippen molar-refractivity contribution in [3.8, 4) is 0 Å². The summed E-state index contributed by atoms with van der Waals surface area (Å²) in [6.07, 6.45) is -2.10. The summed E-state index contributed by atoms with van der Waals surface area (Å²) in [5.41, 5.74) is 4.23. The zero-order valence-electron chi connectivity index (χ0n) is 19.7. The van der Waals surface area contributed by atoms with E-state index < -0.39 is 42.1 Å². The number of nitrogens with one attached hydrogen (secondary N) is 4. The Morgan fingerprint density at radius 1 is 0.882 bits per heavy atom. The van der Waals surface area contributed by atoms with E-state index in [-0.39, 0.29) is 29.6 Å². The molecule has 0 aliphatic carbocycles. The topological polar surface area (TPSA) is 172 Å². The summed E-state index contributed by atoms with van der Waals surface area (Å²) in [7, 11) is 0. The number of carboxylic acids is 1. The first-order chi connectivity index (χ1) is 16.0. The number of benzene rings is 1. The van der Waals surface area contributed by atoms with E-state index >= 15 is 0 Å². The quantitative estimate of drug-likeness (QED) is 0.238. The van der Waals surface area contributed by atoms with Crippen molar-refractivity contribution < 1.29 is 38.8 Å². The molecule has 0 radical (unpaired) electrons. The van der Waals surface area contributed by atoms with Crippen LogP contribution in [0.3, 0.4) is 0 Å². The smallest absolute Gasteiger partial charge is 0.306 e. The van der Waals surface area contributed by atoms with Gasteiger partial charge in [0.1, 0.15) is 0 Å². The Bertz CT molecular complexity index is 872. The maximum Gasteiger partial charge on any atom is 0.306 e. The highest BCUT2D eigenvalue weighted by Gasteiger charge is 2.24. The van der Waals surface area contributed by atoms with Crippen molar-refractivity contribution >= 4 is 29.6 Å². The van der Waals surface area contributed by atoms with Crippen molar-refractivity contribution in [2.45, 2.75) is 40.2 Å². The van der Waals surface area contributed by atoms with Gasteiger partial charge in [0.15, 0.2) is 12.7 Å². The molecule has 0 fully saturated rings. The largest absolute Gasteiger partial charge is 0.481 e. The molecule has 1 rings (SSSR count). The third-order valence-electron chi connectivity index (χ3n) is 4.09. The molecule has 1 aromatic carbocycles. The third kappa shape index (κ3) is 11.4. The van der Waals surface area contributed by atoms with Gasteiger partial charge in [-0.25, -0.2) is 11.0 Å². The van der Waals surface area contributed by atoms with E-state index in [4.69, 9.17) is 14.8 Å². The highest BCUT2D eigenvalue weighted by Crippen LogP contribution is 2.07. The van der Waals surface area contributed by atoms with Crippen molar-refractivity contribution in [1.29, 1.82) is 0 Å². The minimum atomic E-state index is -1.44. The molecule has 0 bridgehead atoms. The molecule has 0 unspecified atom stereocenters. The number of amides is 4. The van der Waals surface area contributed by atoms with Gasteiger partial charge in [0.2, 0.25) is 5.91 Å². The molecule has 1 atom stereocenters. The normalized spacial score (nSPS) is 11.6. The fourth-order valence-corrected chi connectivity index (χ4v) is 2.35. The molecule has 12 nitrogen and oxygen atoms in total. The molecule has 0 saturated carbocycles. The van der Waals surface area contributed by atoms with Gasteiger partial charge in [-0.05, 0) is 30.0 Å². The van der Waals surface area contributed by atoms with Crippen LogP contribution in [0.15, 0.2) is 24.3 Å². The standard InChI is InChI=1S/C22H32N4O8/c1-13(2)10-23-18(27)12-33-25-20(30)15-6-5-7-16(8-15)21(31)26-34-17(9-19(28)29)22(32)24-11-14(3)4/h5-8,13-14,17H,9-12H2,1-4H3,(H,23,27)(H,24,32)(H,25,30)(H,26,31)(H,28,29)/t17-/m1/s1. The van der Waals surface area contributed by atoms with Gasteiger partial charge in [-0.3, -0.25) is 33.6 Å². The second kappa shape index (κ2) is 14.6. The van der Waals surface area contributed by atoms with Gasteiger partial charge in [0.25, 0.3) is 17.7 Å². The number of hydrogen-bond donors (Lipinski definition) is 5. The fraction of sp³-hybridized carbons (Fsp3) is 0.500. The lowest BCUT2D eigenvalue weighted by molar-refractivity contribution is -0.149. The van der Waals surface area contributed by atoms with Crippen molar-refractivity contribution in [2.75, 3.05) is 19.7 Å². The highest BCUT2D eigenvalue weighted by molar-refractivity contribution is 5.99. The summed E-state index contributed by atoms with van der Waals surface area (Å²) < 4.78 is 0. The van der Waals surface area contributed by atoms with Crippen LogP contribution >= 0.6 is 0 Å². The van der Waals surface area contributed by atoms with Crippen LogP contribution in [0.2, 0.25) is 0 Å². The Morgan fingerprint density at radius 3 is 2.00 bits per heavy atom. The van der Waals surface area contributed by atoms with E-state index in [2.05, 4.69) is 16.1 Å². The van der Waals surface area contributed by atoms with E-state index in [1.165, 1.54) is 24.3 Å². The summed E-state index contributed by atoms with van der Waals surface area (Å²) in [5, 5.41) is 14.2. The molecule has 0 aliphatic rings. The molecule has 0 heterocycles. The summed E-state index contributed by atoms with van der Waals surface area (Å²) in [5.74, 6) is -3.44. The Balaban J connectivity index is 2.65. The predicted molar refractivity (Wildman–Crippen MR) is 120 cm³/mol. The minimum absolute atomic E-state index is 0.0130. The van der Waals surface area contributed by atoms with E-state index in [0.29, 0.717) is 13.1 Å². The molecule has 34 heavy (non-hydrogen) atoms. The molecule has 5 N–H and O–H groups in total. The Labute approximate surface area is 197 Å². The average molecular weight is 481 g/mol. The van der Waals surface area contributed by atoms with E-state index in [1.54, 1.807) is 0 Å². The number of carbonyl (C=O) groups is 5. The summed E-state index contributed by atoms with van der Waals surface area (Å²) in [4.78, 5) is 69.3. The second-order valence-electron chi connectivity index (χ2n) is 8.27. The van der Waals surface area contributed by atoms with E-state index in [9.17, 15) is 24.0 Å². The summed E-state index contributed by atoms with van der Waals surface area (Å²) >= 11 is 0. The summed E-state index contributed by atoms with van der Waals surface area (Å²) in [6.45, 7) is 8.01. The van der Waals surface area contributed by atoms with Gasteiger partial charge in [0.05, 0.1) is 6.42 Å². The fourth-order valence-electron chi connectivity index (χ4n) is 2.35. The van der Waals surface area contributed by atoms with Gasteiger partial charge < -0.3 is 15.7 Å². The number of aliphatic carboxylic acids is 1. The van der Waals surface area contributed by atoms with Gasteiger partial charge >= 0.3 is 5.97 Å². The van der Waals surface area contributed by atoms with Crippen molar-refractivity contribution in [3.05, 3.63) is 35.4 Å². The monoisotopic (exact) mass is 480 g/mol. The Kier molecular flexibility index (Phi) is 12.2. The first kappa shape index (κ1) is 28.5. The van der Waals surface area contributed by atoms with Crippen LogP contribution in [-0.4, -0.2) is 60.5 Å². The molecular formula is C22H32N4O8. The Hall–Kier alpha value is -3.51. The zero-order chi connectivity index (χ0) is 25.7. The second-order valence-corrected chi connectivity index (χ2v) is 8.27. The first-order valence-electron chi connectivity index (χ1n) is 10.7. The average Bonchev–Trinajstić information content (AvgIpc) is 2.78. The lowest BCUT2D eigenvalue weighted by atomic mass is 10.1. The van der Waals surface area contributed by atoms with Crippen LogP contribution in [0.4, 0.5) is 0 Å². The molecule has 12 heteroatoms. The SMILES string of the molecule is CC(C)CNC(=O)CONC(=O)c1cccc(C(=O)NO[C@H](CC(=O)O)C(=O)NCC(C)C)c1. The summed E-state index contributed by atoms with van der Waals surface area (Å²) in [6, 6.07) is 5.48. The minimum Gasteiger partial charge on any atom is -0.481 e. The molecule has 0 saturated heterocycles. The highest BCUT2D eigenvalue weighted by atomic mass is 16.7. The number of rotatable bonds is 14. The molecule has 188 valence electrons. The first-order valence-corrected chi connectivity index (χ1v) is 10.7. The number of hydroxylamine groups is 2. The molecule has 4 amide bonds. The number of carbonyl (C=O) groups excluding carboxylic acids is 4. The molecular weight excluding hydrogens is 448 g/mol. The molecule has 0 aromatic heterocycles. The van der Waals surface area contributed by atoms with Crippen LogP contribution in [0.25, 0.3) is 0 Å². The van der Waals surface area contributed by atoms with Crippen LogP contribution < -0.4 is 21.6 Å². The number of hydrogen-bond acceptors (Lipinski definition) is 7. The van der Waals surface area contributed by atoms with Gasteiger partial charge in [0, 0.05) is 24.2 Å². The maximum atomic E-state index is 12.4. The Morgan fingerprint density at radius 2 is 1.44 bits per heavy atom. The zero-order valence-corrected chi connectivity index (χ0v) is 19.7. The molecule has 1 aromatic rings. The maximum absolute atomic E-state index is 12.4. The van der Waals surface area contributed by atoms with Crippen molar-refractivity contribution in [2.24, 2.45) is 11.8 Å². The lowest BCUT2D eigenvalue weighted by Gasteiger charge is -2.17. The van der Waals surface area contributed by atoms with Gasteiger partial charge in [-0.2, -0.15) is 0 Å². The van der Waals surface area contributed by atoms with Crippen molar-refractivity contribution in [3.63, 3.8) is 0 Å². The predicted octanol–water partition coefficient (Wildman–Crippen LogP) is 0.397. The van der Waals surface area contributed by atoms with Crippen molar-refractivity contribution in [1.82, 2.24) is 21.6 Å². The van der Waals surface area contributed by atoms with Crippen LogP contribution in [-0.2, 0) is 24.1 Å². The molecule has 0 spiro atoms.